The molecular weight excluding hydrogens is 330 g/mol. The van der Waals surface area contributed by atoms with Gasteiger partial charge in [0, 0.05) is 10.9 Å². The average molecular weight is 348 g/mol. The molecule has 1 aliphatic heterocycles. The first-order valence-corrected chi connectivity index (χ1v) is 8.47. The van der Waals surface area contributed by atoms with Gasteiger partial charge < -0.3 is 0 Å². The van der Waals surface area contributed by atoms with Crippen molar-refractivity contribution in [2.45, 2.75) is 38.0 Å². The smallest absolute Gasteiger partial charge is 0.234 e. The fraction of sp³-hybridized carbons (Fsp3) is 0.529. The maximum absolute atomic E-state index is 12.6. The van der Waals surface area contributed by atoms with E-state index in [4.69, 9.17) is 0 Å². The predicted octanol–water partition coefficient (Wildman–Crippen LogP) is 3.39. The van der Waals surface area contributed by atoms with E-state index in [2.05, 4.69) is 21.2 Å². The van der Waals surface area contributed by atoms with Gasteiger partial charge in [-0.3, -0.25) is 14.9 Å². The molecule has 3 aliphatic rings. The molecule has 0 aromatic heterocycles. The molecule has 110 valence electrons. The van der Waals surface area contributed by atoms with Gasteiger partial charge in [-0.15, -0.1) is 0 Å². The molecule has 4 unspecified atom stereocenters. The second-order valence-electron chi connectivity index (χ2n) is 6.89. The molecule has 1 spiro atoms. The van der Waals surface area contributed by atoms with Gasteiger partial charge in [0.1, 0.15) is 0 Å². The number of benzene rings is 1. The number of rotatable bonds is 1. The third kappa shape index (κ3) is 1.99. The summed E-state index contributed by atoms with van der Waals surface area (Å²) in [6, 6.07) is 8.01. The first-order chi connectivity index (χ1) is 10.1. The lowest BCUT2D eigenvalue weighted by Gasteiger charge is -2.46. The normalized spacial score (nSPS) is 38.0. The van der Waals surface area contributed by atoms with Gasteiger partial charge in [0.2, 0.25) is 11.8 Å². The van der Waals surface area contributed by atoms with Crippen molar-refractivity contribution in [1.29, 1.82) is 0 Å². The van der Waals surface area contributed by atoms with Gasteiger partial charge in [0.15, 0.2) is 0 Å². The van der Waals surface area contributed by atoms with Crippen LogP contribution in [0, 0.1) is 17.3 Å². The van der Waals surface area contributed by atoms with Crippen LogP contribution in [0.15, 0.2) is 28.7 Å². The third-order valence-electron chi connectivity index (χ3n) is 5.79. The Morgan fingerprint density at radius 2 is 2.10 bits per heavy atom. The number of hydrogen-bond donors (Lipinski definition) is 1. The monoisotopic (exact) mass is 347 g/mol. The highest BCUT2D eigenvalue weighted by molar-refractivity contribution is 9.10. The summed E-state index contributed by atoms with van der Waals surface area (Å²) in [4.78, 5) is 24.6. The van der Waals surface area contributed by atoms with E-state index in [1.54, 1.807) is 0 Å². The lowest BCUT2D eigenvalue weighted by molar-refractivity contribution is -0.142. The van der Waals surface area contributed by atoms with Crippen LogP contribution < -0.4 is 5.32 Å². The Kier molecular flexibility index (Phi) is 3.00. The zero-order valence-electron chi connectivity index (χ0n) is 11.8. The number of hydrogen-bond acceptors (Lipinski definition) is 2. The van der Waals surface area contributed by atoms with Crippen molar-refractivity contribution in [2.24, 2.45) is 17.3 Å². The number of carbonyl (C=O) groups is 2. The minimum absolute atomic E-state index is 0.0844. The largest absolute Gasteiger partial charge is 0.296 e. The number of piperidine rings is 1. The summed E-state index contributed by atoms with van der Waals surface area (Å²) in [7, 11) is 0. The highest BCUT2D eigenvalue weighted by Crippen LogP contribution is 2.64. The maximum Gasteiger partial charge on any atom is 0.234 e. The molecule has 4 atom stereocenters. The van der Waals surface area contributed by atoms with Gasteiger partial charge in [0.05, 0.1) is 5.92 Å². The molecule has 3 fully saturated rings. The SMILES string of the molecule is O=C1CC2(CC3CCC2C3)C(c2cccc(Br)c2)C(=O)N1. The van der Waals surface area contributed by atoms with Crippen LogP contribution in [-0.4, -0.2) is 11.8 Å². The molecule has 2 saturated carbocycles. The number of nitrogens with one attached hydrogen (secondary N) is 1. The Balaban J connectivity index is 1.81. The van der Waals surface area contributed by atoms with Crippen LogP contribution in [0.2, 0.25) is 0 Å². The molecule has 4 rings (SSSR count). The minimum Gasteiger partial charge on any atom is -0.296 e. The summed E-state index contributed by atoms with van der Waals surface area (Å²) in [6.07, 6.45) is 5.19. The van der Waals surface area contributed by atoms with Crippen LogP contribution in [0.1, 0.15) is 43.6 Å². The van der Waals surface area contributed by atoms with Crippen molar-refractivity contribution in [3.8, 4) is 0 Å². The fourth-order valence-corrected chi connectivity index (χ4v) is 5.56. The van der Waals surface area contributed by atoms with E-state index >= 15 is 0 Å². The molecule has 3 nitrogen and oxygen atoms in total. The van der Waals surface area contributed by atoms with Gasteiger partial charge >= 0.3 is 0 Å². The Bertz CT molecular complexity index is 629. The molecule has 2 amide bonds. The molecule has 1 heterocycles. The first-order valence-electron chi connectivity index (χ1n) is 7.68. The first kappa shape index (κ1) is 13.5. The minimum atomic E-state index is -0.178. The summed E-state index contributed by atoms with van der Waals surface area (Å²) in [5.41, 5.74) is 0.908. The van der Waals surface area contributed by atoms with Crippen molar-refractivity contribution in [3.05, 3.63) is 34.3 Å². The van der Waals surface area contributed by atoms with E-state index in [0.717, 1.165) is 16.5 Å². The van der Waals surface area contributed by atoms with E-state index in [9.17, 15) is 9.59 Å². The molecule has 4 heteroatoms. The Morgan fingerprint density at radius 1 is 1.24 bits per heavy atom. The molecule has 1 aromatic carbocycles. The third-order valence-corrected chi connectivity index (χ3v) is 6.29. The topological polar surface area (TPSA) is 46.2 Å². The summed E-state index contributed by atoms with van der Waals surface area (Å²) < 4.78 is 0.989. The van der Waals surface area contributed by atoms with E-state index in [0.29, 0.717) is 18.3 Å². The van der Waals surface area contributed by atoms with Crippen LogP contribution in [0.4, 0.5) is 0 Å². The zero-order chi connectivity index (χ0) is 14.6. The number of imide groups is 1. The van der Waals surface area contributed by atoms with Crippen LogP contribution >= 0.6 is 15.9 Å². The Hall–Kier alpha value is -1.16. The summed E-state index contributed by atoms with van der Waals surface area (Å²) in [6.45, 7) is 0. The van der Waals surface area contributed by atoms with Gasteiger partial charge in [-0.1, -0.05) is 34.5 Å². The molecule has 2 aliphatic carbocycles. The van der Waals surface area contributed by atoms with Crippen molar-refractivity contribution in [2.75, 3.05) is 0 Å². The van der Waals surface area contributed by atoms with Crippen LogP contribution in [0.5, 0.6) is 0 Å². The van der Waals surface area contributed by atoms with Crippen molar-refractivity contribution in [1.82, 2.24) is 5.32 Å². The summed E-state index contributed by atoms with van der Waals surface area (Å²) >= 11 is 3.50. The highest BCUT2D eigenvalue weighted by Gasteiger charge is 2.59. The van der Waals surface area contributed by atoms with Crippen molar-refractivity contribution in [3.63, 3.8) is 0 Å². The average Bonchev–Trinajstić information content (AvgIpc) is 2.98. The zero-order valence-corrected chi connectivity index (χ0v) is 13.4. The molecule has 0 radical (unpaired) electrons. The van der Waals surface area contributed by atoms with Gasteiger partial charge in [-0.05, 0) is 54.2 Å². The van der Waals surface area contributed by atoms with E-state index in [1.807, 2.05) is 24.3 Å². The van der Waals surface area contributed by atoms with E-state index in [-0.39, 0.29) is 23.1 Å². The molecule has 1 N–H and O–H groups in total. The molecule has 1 aromatic rings. The lowest BCUT2D eigenvalue weighted by Crippen LogP contribution is -2.52. The van der Waals surface area contributed by atoms with Crippen LogP contribution in [0.3, 0.4) is 0 Å². The van der Waals surface area contributed by atoms with Gasteiger partial charge in [-0.2, -0.15) is 0 Å². The molecule has 1 saturated heterocycles. The standard InChI is InChI=1S/C17H18BrNO2/c18-13-3-1-2-11(7-13)15-16(21)19-14(20)9-17(15)8-10-4-5-12(17)6-10/h1-3,7,10,12,15H,4-6,8-9H2,(H,19,20,21). The number of amides is 2. The fourth-order valence-electron chi connectivity index (χ4n) is 5.14. The van der Waals surface area contributed by atoms with E-state index < -0.39 is 0 Å². The summed E-state index contributed by atoms with van der Waals surface area (Å²) in [5, 5.41) is 2.56. The predicted molar refractivity (Wildman–Crippen MR) is 82.5 cm³/mol. The van der Waals surface area contributed by atoms with E-state index in [1.165, 1.54) is 19.3 Å². The van der Waals surface area contributed by atoms with Crippen LogP contribution in [-0.2, 0) is 9.59 Å². The Labute approximate surface area is 132 Å². The quantitative estimate of drug-likeness (QED) is 0.791. The van der Waals surface area contributed by atoms with Crippen LogP contribution in [0.25, 0.3) is 0 Å². The maximum atomic E-state index is 12.6. The highest BCUT2D eigenvalue weighted by atomic mass is 79.9. The second kappa shape index (κ2) is 4.67. The van der Waals surface area contributed by atoms with Gasteiger partial charge in [0.25, 0.3) is 0 Å². The second-order valence-corrected chi connectivity index (χ2v) is 7.81. The lowest BCUT2D eigenvalue weighted by atomic mass is 9.59. The van der Waals surface area contributed by atoms with Crippen molar-refractivity contribution >= 4 is 27.7 Å². The summed E-state index contributed by atoms with van der Waals surface area (Å²) in [5.74, 6) is 0.878. The number of fused-ring (bicyclic) bond motifs is 3. The Morgan fingerprint density at radius 3 is 2.76 bits per heavy atom. The molecule has 2 bridgehead atoms. The molecule has 21 heavy (non-hydrogen) atoms. The molecular formula is C17H18BrNO2. The number of halogens is 1. The van der Waals surface area contributed by atoms with Gasteiger partial charge in [-0.25, -0.2) is 0 Å². The van der Waals surface area contributed by atoms with Crippen molar-refractivity contribution < 1.29 is 9.59 Å². The number of carbonyl (C=O) groups excluding carboxylic acids is 2.